The molecule has 2 saturated carbocycles. The summed E-state index contributed by atoms with van der Waals surface area (Å²) in [5.74, 6) is 2.80. The number of carbonyl (C=O) groups is 1. The molecule has 7 rings (SSSR count). The summed E-state index contributed by atoms with van der Waals surface area (Å²) in [6.07, 6.45) is 3.80. The van der Waals surface area contributed by atoms with Gasteiger partial charge < -0.3 is 15.4 Å². The molecule has 43 heavy (non-hydrogen) atoms. The van der Waals surface area contributed by atoms with E-state index in [4.69, 9.17) is 4.74 Å². The van der Waals surface area contributed by atoms with E-state index in [1.165, 1.54) is 42.5 Å². The number of nitrogens with one attached hydrogen (secondary N) is 3. The van der Waals surface area contributed by atoms with Crippen molar-refractivity contribution in [1.82, 2.24) is 0 Å². The van der Waals surface area contributed by atoms with E-state index in [-0.39, 0.29) is 16.8 Å². The van der Waals surface area contributed by atoms with Gasteiger partial charge in [0.1, 0.15) is 5.75 Å². The number of hydrogen-bond donors (Lipinski definition) is 3. The normalized spacial score (nSPS) is 23.5. The largest absolute Gasteiger partial charge is 0.494 e. The number of benzene rings is 4. The minimum atomic E-state index is -3.79. The van der Waals surface area contributed by atoms with Gasteiger partial charge in [-0.25, -0.2) is 8.42 Å². The molecule has 2 bridgehead atoms. The Kier molecular flexibility index (Phi) is 7.09. The Morgan fingerprint density at radius 1 is 0.884 bits per heavy atom. The highest BCUT2D eigenvalue weighted by atomic mass is 32.2. The van der Waals surface area contributed by atoms with Crippen molar-refractivity contribution in [3.63, 3.8) is 0 Å². The van der Waals surface area contributed by atoms with Crippen molar-refractivity contribution in [1.29, 1.82) is 0 Å². The third-order valence-electron chi connectivity index (χ3n) is 9.35. The van der Waals surface area contributed by atoms with Gasteiger partial charge in [-0.1, -0.05) is 30.3 Å². The maximum Gasteiger partial charge on any atom is 0.261 e. The van der Waals surface area contributed by atoms with Crippen molar-refractivity contribution in [2.75, 3.05) is 22.0 Å². The zero-order chi connectivity index (χ0) is 29.6. The second-order valence-electron chi connectivity index (χ2n) is 11.8. The number of anilines is 3. The van der Waals surface area contributed by atoms with Gasteiger partial charge in [0.2, 0.25) is 0 Å². The Balaban J connectivity index is 1.07. The molecule has 5 atom stereocenters. The zero-order valence-electron chi connectivity index (χ0n) is 24.0. The maximum atomic E-state index is 13.4. The molecule has 4 aromatic carbocycles. The van der Waals surface area contributed by atoms with E-state index in [2.05, 4.69) is 51.8 Å². The molecule has 3 aliphatic rings. The Morgan fingerprint density at radius 2 is 1.60 bits per heavy atom. The van der Waals surface area contributed by atoms with Crippen LogP contribution in [-0.2, 0) is 10.0 Å². The lowest BCUT2D eigenvalue weighted by Crippen LogP contribution is -2.35. The Hall–Kier alpha value is -4.30. The predicted molar refractivity (Wildman–Crippen MR) is 169 cm³/mol. The summed E-state index contributed by atoms with van der Waals surface area (Å²) in [7, 11) is -3.79. The van der Waals surface area contributed by atoms with Crippen LogP contribution in [0.5, 0.6) is 5.75 Å². The Morgan fingerprint density at radius 3 is 2.35 bits per heavy atom. The van der Waals surface area contributed by atoms with E-state index in [1.54, 1.807) is 36.4 Å². The molecule has 0 saturated heterocycles. The zero-order valence-corrected chi connectivity index (χ0v) is 24.8. The summed E-state index contributed by atoms with van der Waals surface area (Å²) < 4.78 is 33.9. The highest BCUT2D eigenvalue weighted by Crippen LogP contribution is 2.63. The molecule has 3 N–H and O–H groups in total. The van der Waals surface area contributed by atoms with Gasteiger partial charge in [-0.15, -0.1) is 0 Å². The van der Waals surface area contributed by atoms with Crippen LogP contribution >= 0.6 is 0 Å². The predicted octanol–water partition coefficient (Wildman–Crippen LogP) is 7.43. The lowest BCUT2D eigenvalue weighted by atomic mass is 9.68. The average molecular weight is 594 g/mol. The first kappa shape index (κ1) is 27.5. The van der Waals surface area contributed by atoms with Gasteiger partial charge in [-0.2, -0.15) is 0 Å². The molecule has 0 aromatic heterocycles. The molecule has 7 nitrogen and oxygen atoms in total. The third-order valence-corrected chi connectivity index (χ3v) is 10.7. The smallest absolute Gasteiger partial charge is 0.261 e. The first-order chi connectivity index (χ1) is 20.9. The third kappa shape index (κ3) is 5.25. The van der Waals surface area contributed by atoms with Crippen LogP contribution in [0.2, 0.25) is 0 Å². The number of fused-ring (bicyclic) bond motifs is 7. The number of carbonyl (C=O) groups excluding carboxylic acids is 1. The minimum Gasteiger partial charge on any atom is -0.494 e. The Labute approximate surface area is 252 Å². The number of rotatable bonds is 8. The molecule has 0 spiro atoms. The van der Waals surface area contributed by atoms with E-state index < -0.39 is 10.0 Å². The highest BCUT2D eigenvalue weighted by molar-refractivity contribution is 7.92. The standard InChI is InChI=1S/C35H35N3O4S/c1-2-42-28-15-11-27(12-16-28)38-43(40,41)29-17-13-26(14-18-29)36-35(39)25-10-19-31-30(21-25)32-23-8-9-24(20-23)33(32)34(37-31)22-6-4-3-5-7-22/h3-7,10-19,21,23-24,32-34,37-38H,2,8-9,20H2,1H3,(H,36,39)/t23-,24-,32-,33-,34+/m0/s1. The fraction of sp³-hybridized carbons (Fsp3) is 0.286. The van der Waals surface area contributed by atoms with Crippen LogP contribution in [0.3, 0.4) is 0 Å². The lowest BCUT2D eigenvalue weighted by molar-refractivity contribution is 0.102. The molecular weight excluding hydrogens is 558 g/mol. The second kappa shape index (κ2) is 11.1. The number of hydrogen-bond acceptors (Lipinski definition) is 5. The van der Waals surface area contributed by atoms with Gasteiger partial charge in [0.05, 0.1) is 17.5 Å². The number of amides is 1. The van der Waals surface area contributed by atoms with Crippen LogP contribution in [-0.4, -0.2) is 20.9 Å². The van der Waals surface area contributed by atoms with E-state index in [9.17, 15) is 13.2 Å². The molecule has 2 fully saturated rings. The van der Waals surface area contributed by atoms with Gasteiger partial charge in [-0.3, -0.25) is 9.52 Å². The fourth-order valence-corrected chi connectivity index (χ4v) is 8.60. The molecule has 1 aliphatic heterocycles. The van der Waals surface area contributed by atoms with Crippen molar-refractivity contribution in [3.05, 3.63) is 114 Å². The number of ether oxygens (including phenoxy) is 1. The van der Waals surface area contributed by atoms with Gasteiger partial charge in [0, 0.05) is 22.6 Å². The topological polar surface area (TPSA) is 96.5 Å². The average Bonchev–Trinajstić information content (AvgIpc) is 3.65. The monoisotopic (exact) mass is 593 g/mol. The fourth-order valence-electron chi connectivity index (χ4n) is 7.54. The van der Waals surface area contributed by atoms with Crippen LogP contribution in [0.1, 0.15) is 59.6 Å². The van der Waals surface area contributed by atoms with Crippen molar-refractivity contribution < 1.29 is 17.9 Å². The summed E-state index contributed by atoms with van der Waals surface area (Å²) >= 11 is 0. The van der Waals surface area contributed by atoms with E-state index >= 15 is 0 Å². The van der Waals surface area contributed by atoms with Crippen LogP contribution in [0.25, 0.3) is 0 Å². The quantitative estimate of drug-likeness (QED) is 0.197. The molecule has 0 radical (unpaired) electrons. The summed E-state index contributed by atoms with van der Waals surface area (Å²) in [5, 5.41) is 6.78. The van der Waals surface area contributed by atoms with Crippen molar-refractivity contribution in [3.8, 4) is 5.75 Å². The van der Waals surface area contributed by atoms with Crippen molar-refractivity contribution in [2.45, 2.75) is 43.0 Å². The summed E-state index contributed by atoms with van der Waals surface area (Å²) in [6.45, 7) is 2.43. The summed E-state index contributed by atoms with van der Waals surface area (Å²) in [5.41, 5.74) is 5.28. The SMILES string of the molecule is CCOc1ccc(NS(=O)(=O)c2ccc(NC(=O)c3ccc4c(c3)[C@@H]3[C@H]5CC[C@@H](C5)[C@@H]3[C@@H](c3ccccc3)N4)cc2)cc1. The van der Waals surface area contributed by atoms with E-state index in [1.807, 2.05) is 19.1 Å². The van der Waals surface area contributed by atoms with Crippen LogP contribution in [0.15, 0.2) is 102 Å². The second-order valence-corrected chi connectivity index (χ2v) is 13.5. The molecule has 8 heteroatoms. The minimum absolute atomic E-state index is 0.106. The van der Waals surface area contributed by atoms with Gasteiger partial charge in [0.15, 0.2) is 0 Å². The van der Waals surface area contributed by atoms with Crippen LogP contribution in [0, 0.1) is 17.8 Å². The van der Waals surface area contributed by atoms with E-state index in [0.717, 1.165) is 5.69 Å². The van der Waals surface area contributed by atoms with Crippen molar-refractivity contribution in [2.24, 2.45) is 17.8 Å². The van der Waals surface area contributed by atoms with Gasteiger partial charge in [0.25, 0.3) is 15.9 Å². The van der Waals surface area contributed by atoms with Crippen LogP contribution in [0.4, 0.5) is 17.1 Å². The maximum absolute atomic E-state index is 13.4. The Bertz CT molecular complexity index is 1740. The van der Waals surface area contributed by atoms with Gasteiger partial charge in [-0.05, 0) is 128 Å². The van der Waals surface area contributed by atoms with E-state index in [0.29, 0.717) is 53.0 Å². The van der Waals surface area contributed by atoms with Crippen LogP contribution < -0.4 is 20.1 Å². The number of sulfonamides is 1. The first-order valence-corrected chi connectivity index (χ1v) is 16.5. The molecule has 2 aliphatic carbocycles. The molecule has 0 unspecified atom stereocenters. The molecular formula is C35H35N3O4S. The van der Waals surface area contributed by atoms with Gasteiger partial charge >= 0.3 is 0 Å². The highest BCUT2D eigenvalue weighted by Gasteiger charge is 2.53. The molecule has 1 heterocycles. The summed E-state index contributed by atoms with van der Waals surface area (Å²) in [6, 6.07) is 30.0. The lowest BCUT2D eigenvalue weighted by Gasteiger charge is -2.43. The molecule has 4 aromatic rings. The summed E-state index contributed by atoms with van der Waals surface area (Å²) in [4.78, 5) is 13.5. The molecule has 220 valence electrons. The van der Waals surface area contributed by atoms with Crippen molar-refractivity contribution >= 4 is 33.0 Å². The molecule has 1 amide bonds. The first-order valence-electron chi connectivity index (χ1n) is 15.0.